The number of hydrogen-bond acceptors (Lipinski definition) is 1. The normalized spacial score (nSPS) is 10.7. The molecule has 0 aliphatic carbocycles. The number of benzene rings is 1. The van der Waals surface area contributed by atoms with E-state index >= 15 is 0 Å². The Hall–Kier alpha value is -1.19. The highest BCUT2D eigenvalue weighted by molar-refractivity contribution is 5.45. The third kappa shape index (κ3) is 4.98. The van der Waals surface area contributed by atoms with Gasteiger partial charge >= 0.3 is 0 Å². The standard InChI is InChI=1S/C14H20F3N/c1-2-3-4-5-6-7-8-18-14-10-12(16)11(15)9-13(14)17/h9-10,18H,2-8H2,1H3. The molecule has 0 bridgehead atoms. The average molecular weight is 259 g/mol. The molecule has 18 heavy (non-hydrogen) atoms. The summed E-state index contributed by atoms with van der Waals surface area (Å²) in [6.45, 7) is 2.74. The minimum Gasteiger partial charge on any atom is -0.383 e. The zero-order valence-electron chi connectivity index (χ0n) is 10.7. The molecule has 0 fully saturated rings. The molecule has 0 atom stereocenters. The summed E-state index contributed by atoms with van der Waals surface area (Å²) < 4.78 is 38.8. The SMILES string of the molecule is CCCCCCCCNc1cc(F)c(F)cc1F. The van der Waals surface area contributed by atoms with Crippen LogP contribution in [-0.4, -0.2) is 6.54 Å². The van der Waals surface area contributed by atoms with Crippen molar-refractivity contribution in [2.75, 3.05) is 11.9 Å². The van der Waals surface area contributed by atoms with Gasteiger partial charge in [-0.3, -0.25) is 0 Å². The minimum absolute atomic E-state index is 0.0301. The molecule has 0 saturated heterocycles. The van der Waals surface area contributed by atoms with E-state index in [1.165, 1.54) is 19.3 Å². The van der Waals surface area contributed by atoms with Gasteiger partial charge in [-0.25, -0.2) is 13.2 Å². The second-order valence-corrected chi connectivity index (χ2v) is 4.44. The molecule has 0 amide bonds. The predicted octanol–water partition coefficient (Wildman–Crippen LogP) is 4.88. The fraction of sp³-hybridized carbons (Fsp3) is 0.571. The summed E-state index contributed by atoms with van der Waals surface area (Å²) in [6, 6.07) is 1.43. The van der Waals surface area contributed by atoms with Gasteiger partial charge in [0.15, 0.2) is 11.6 Å². The fourth-order valence-electron chi connectivity index (χ4n) is 1.79. The van der Waals surface area contributed by atoms with Crippen LogP contribution in [-0.2, 0) is 0 Å². The van der Waals surface area contributed by atoms with Gasteiger partial charge in [0.25, 0.3) is 0 Å². The zero-order chi connectivity index (χ0) is 13.4. The van der Waals surface area contributed by atoms with Crippen LogP contribution in [0.25, 0.3) is 0 Å². The van der Waals surface area contributed by atoms with E-state index < -0.39 is 17.5 Å². The second kappa shape index (κ2) is 8.01. The van der Waals surface area contributed by atoms with Crippen molar-refractivity contribution >= 4 is 5.69 Å². The first-order chi connectivity index (χ1) is 8.65. The lowest BCUT2D eigenvalue weighted by Crippen LogP contribution is -2.04. The molecule has 1 nitrogen and oxygen atoms in total. The molecule has 0 aromatic heterocycles. The van der Waals surface area contributed by atoms with Crippen molar-refractivity contribution in [3.63, 3.8) is 0 Å². The van der Waals surface area contributed by atoms with Crippen molar-refractivity contribution in [2.45, 2.75) is 45.4 Å². The minimum atomic E-state index is -1.15. The largest absolute Gasteiger partial charge is 0.383 e. The van der Waals surface area contributed by atoms with Gasteiger partial charge in [-0.15, -0.1) is 0 Å². The van der Waals surface area contributed by atoms with Crippen LogP contribution in [0.3, 0.4) is 0 Å². The monoisotopic (exact) mass is 259 g/mol. The molecular weight excluding hydrogens is 239 g/mol. The third-order valence-corrected chi connectivity index (χ3v) is 2.86. The molecule has 4 heteroatoms. The Morgan fingerprint density at radius 1 is 0.833 bits per heavy atom. The molecular formula is C14H20F3N. The highest BCUT2D eigenvalue weighted by Gasteiger charge is 2.08. The van der Waals surface area contributed by atoms with Crippen molar-refractivity contribution in [1.29, 1.82) is 0 Å². The Morgan fingerprint density at radius 2 is 1.44 bits per heavy atom. The van der Waals surface area contributed by atoms with E-state index in [1.807, 2.05) is 0 Å². The third-order valence-electron chi connectivity index (χ3n) is 2.86. The topological polar surface area (TPSA) is 12.0 Å². The lowest BCUT2D eigenvalue weighted by molar-refractivity contribution is 0.496. The van der Waals surface area contributed by atoms with Crippen molar-refractivity contribution in [2.24, 2.45) is 0 Å². The first-order valence-electron chi connectivity index (χ1n) is 6.53. The quantitative estimate of drug-likeness (QED) is 0.518. The Kier molecular flexibility index (Phi) is 6.61. The number of nitrogens with one attached hydrogen (secondary N) is 1. The summed E-state index contributed by atoms with van der Waals surface area (Å²) in [6.07, 6.45) is 6.80. The maximum absolute atomic E-state index is 13.2. The number of rotatable bonds is 8. The summed E-state index contributed by atoms with van der Waals surface area (Å²) >= 11 is 0. The Balaban J connectivity index is 2.25. The van der Waals surface area contributed by atoms with Crippen LogP contribution in [0.15, 0.2) is 12.1 Å². The van der Waals surface area contributed by atoms with Gasteiger partial charge in [-0.2, -0.15) is 0 Å². The van der Waals surface area contributed by atoms with E-state index in [-0.39, 0.29) is 5.69 Å². The maximum Gasteiger partial charge on any atom is 0.161 e. The van der Waals surface area contributed by atoms with Crippen molar-refractivity contribution in [1.82, 2.24) is 0 Å². The van der Waals surface area contributed by atoms with Crippen LogP contribution in [0.2, 0.25) is 0 Å². The van der Waals surface area contributed by atoms with Gasteiger partial charge < -0.3 is 5.32 Å². The van der Waals surface area contributed by atoms with Crippen LogP contribution >= 0.6 is 0 Å². The van der Waals surface area contributed by atoms with Crippen LogP contribution in [0.5, 0.6) is 0 Å². The van der Waals surface area contributed by atoms with Crippen molar-refractivity contribution in [3.05, 3.63) is 29.6 Å². The lowest BCUT2D eigenvalue weighted by Gasteiger charge is -2.08. The van der Waals surface area contributed by atoms with Gasteiger partial charge in [0.05, 0.1) is 5.69 Å². The smallest absolute Gasteiger partial charge is 0.161 e. The van der Waals surface area contributed by atoms with Gasteiger partial charge in [-0.1, -0.05) is 39.0 Å². The van der Waals surface area contributed by atoms with Gasteiger partial charge in [-0.05, 0) is 6.42 Å². The molecule has 1 aromatic carbocycles. The van der Waals surface area contributed by atoms with Gasteiger partial charge in [0.2, 0.25) is 0 Å². The molecule has 0 radical (unpaired) electrons. The molecule has 0 unspecified atom stereocenters. The second-order valence-electron chi connectivity index (χ2n) is 4.44. The van der Waals surface area contributed by atoms with E-state index in [1.54, 1.807) is 0 Å². The number of hydrogen-bond donors (Lipinski definition) is 1. The number of unbranched alkanes of at least 4 members (excludes halogenated alkanes) is 5. The highest BCUT2D eigenvalue weighted by atomic mass is 19.2. The molecule has 1 rings (SSSR count). The zero-order valence-corrected chi connectivity index (χ0v) is 10.7. The lowest BCUT2D eigenvalue weighted by atomic mass is 10.1. The van der Waals surface area contributed by atoms with E-state index in [9.17, 15) is 13.2 Å². The summed E-state index contributed by atoms with van der Waals surface area (Å²) in [5, 5.41) is 2.79. The van der Waals surface area contributed by atoms with E-state index in [2.05, 4.69) is 12.2 Å². The number of halogens is 3. The molecule has 0 heterocycles. The summed E-state index contributed by atoms with van der Waals surface area (Å²) in [7, 11) is 0. The predicted molar refractivity (Wildman–Crippen MR) is 68.2 cm³/mol. The first kappa shape index (κ1) is 14.9. The molecule has 1 aromatic rings. The van der Waals surface area contributed by atoms with Gasteiger partial charge in [0.1, 0.15) is 5.82 Å². The molecule has 0 saturated carbocycles. The van der Waals surface area contributed by atoms with Gasteiger partial charge in [0, 0.05) is 18.7 Å². The van der Waals surface area contributed by atoms with E-state index in [4.69, 9.17) is 0 Å². The maximum atomic E-state index is 13.2. The van der Waals surface area contributed by atoms with Crippen LogP contribution in [0.1, 0.15) is 45.4 Å². The van der Waals surface area contributed by atoms with E-state index in [0.29, 0.717) is 12.6 Å². The molecule has 102 valence electrons. The Morgan fingerprint density at radius 3 is 2.17 bits per heavy atom. The summed E-state index contributed by atoms with van der Waals surface area (Å²) in [4.78, 5) is 0. The molecule has 0 aliphatic rings. The molecule has 1 N–H and O–H groups in total. The highest BCUT2D eigenvalue weighted by Crippen LogP contribution is 2.18. The van der Waals surface area contributed by atoms with Crippen molar-refractivity contribution in [3.8, 4) is 0 Å². The first-order valence-corrected chi connectivity index (χ1v) is 6.53. The average Bonchev–Trinajstić information content (AvgIpc) is 2.34. The van der Waals surface area contributed by atoms with Crippen LogP contribution in [0, 0.1) is 17.5 Å². The van der Waals surface area contributed by atoms with Crippen LogP contribution in [0.4, 0.5) is 18.9 Å². The Labute approximate surface area is 106 Å². The summed E-state index contributed by atoms with van der Waals surface area (Å²) in [5.74, 6) is -2.93. The van der Waals surface area contributed by atoms with E-state index in [0.717, 1.165) is 25.3 Å². The number of anilines is 1. The van der Waals surface area contributed by atoms with Crippen molar-refractivity contribution < 1.29 is 13.2 Å². The fourth-order valence-corrected chi connectivity index (χ4v) is 1.79. The molecule has 0 spiro atoms. The van der Waals surface area contributed by atoms with Crippen LogP contribution < -0.4 is 5.32 Å². The Bertz CT molecular complexity index is 366. The summed E-state index contributed by atoms with van der Waals surface area (Å²) in [5.41, 5.74) is 0.0301. The molecule has 0 aliphatic heterocycles.